The molecule has 0 aliphatic carbocycles. The van der Waals surface area contributed by atoms with Crippen molar-refractivity contribution in [1.82, 2.24) is 5.32 Å². The van der Waals surface area contributed by atoms with Crippen molar-refractivity contribution < 1.29 is 19.2 Å². The summed E-state index contributed by atoms with van der Waals surface area (Å²) in [6.45, 7) is 1.25. The fraction of sp³-hybridized carbons (Fsp3) is 0.176. The monoisotopic (exact) mass is 396 g/mol. The molecule has 0 heterocycles. The summed E-state index contributed by atoms with van der Waals surface area (Å²) in [7, 11) is 0. The average molecular weight is 397 g/mol. The van der Waals surface area contributed by atoms with Gasteiger partial charge in [0, 0.05) is 17.2 Å². The lowest BCUT2D eigenvalue weighted by Gasteiger charge is -2.14. The number of ether oxygens (including phenoxy) is 1. The molecule has 1 amide bonds. The second-order valence-electron chi connectivity index (χ2n) is 5.34. The van der Waals surface area contributed by atoms with Crippen LogP contribution >= 0.6 is 23.2 Å². The minimum Gasteiger partial charge on any atom is -0.452 e. The van der Waals surface area contributed by atoms with Crippen molar-refractivity contribution in [2.45, 2.75) is 13.0 Å². The maximum absolute atomic E-state index is 12.0. The van der Waals surface area contributed by atoms with E-state index in [-0.39, 0.29) is 22.3 Å². The van der Waals surface area contributed by atoms with E-state index in [2.05, 4.69) is 5.32 Å². The number of hydrogen-bond donors (Lipinski definition) is 1. The van der Waals surface area contributed by atoms with Gasteiger partial charge in [-0.05, 0) is 30.7 Å². The van der Waals surface area contributed by atoms with Gasteiger partial charge in [0.15, 0.2) is 6.61 Å². The molecule has 0 spiro atoms. The first-order valence-corrected chi connectivity index (χ1v) is 8.19. The van der Waals surface area contributed by atoms with Gasteiger partial charge in [0.2, 0.25) is 0 Å². The van der Waals surface area contributed by atoms with Crippen molar-refractivity contribution in [3.05, 3.63) is 73.8 Å². The SMILES string of the molecule is C[C@H](NC(=O)COC(=O)c1ccc([N+](=O)[O-])cc1Cl)c1cccc(Cl)c1. The highest BCUT2D eigenvalue weighted by atomic mass is 35.5. The topological polar surface area (TPSA) is 98.5 Å². The molecule has 1 atom stereocenters. The van der Waals surface area contributed by atoms with Crippen LogP contribution in [0.2, 0.25) is 10.0 Å². The first-order chi connectivity index (χ1) is 12.3. The second kappa shape index (κ2) is 8.64. The molecule has 9 heteroatoms. The standard InChI is InChI=1S/C17H14Cl2N2O5/c1-10(11-3-2-4-12(18)7-11)20-16(22)9-26-17(23)14-6-5-13(21(24)25)8-15(14)19/h2-8,10H,9H2,1H3,(H,20,22)/t10-/m0/s1. The smallest absolute Gasteiger partial charge is 0.340 e. The van der Waals surface area contributed by atoms with Crippen LogP contribution in [0.4, 0.5) is 5.69 Å². The third kappa shape index (κ3) is 5.18. The lowest BCUT2D eigenvalue weighted by molar-refractivity contribution is -0.384. The molecule has 0 aliphatic heterocycles. The molecule has 0 fully saturated rings. The molecule has 2 aromatic rings. The molecule has 0 unspecified atom stereocenters. The Morgan fingerprint density at radius 2 is 1.96 bits per heavy atom. The van der Waals surface area contributed by atoms with Gasteiger partial charge < -0.3 is 10.1 Å². The normalized spacial score (nSPS) is 11.5. The molecule has 0 saturated carbocycles. The zero-order valence-electron chi connectivity index (χ0n) is 13.6. The van der Waals surface area contributed by atoms with Gasteiger partial charge in [0.25, 0.3) is 11.6 Å². The van der Waals surface area contributed by atoms with Crippen LogP contribution in [0.3, 0.4) is 0 Å². The highest BCUT2D eigenvalue weighted by Gasteiger charge is 2.18. The maximum Gasteiger partial charge on any atom is 0.340 e. The molecular weight excluding hydrogens is 383 g/mol. The summed E-state index contributed by atoms with van der Waals surface area (Å²) < 4.78 is 4.90. The van der Waals surface area contributed by atoms with Gasteiger partial charge >= 0.3 is 5.97 Å². The number of carbonyl (C=O) groups is 2. The molecule has 2 aromatic carbocycles. The van der Waals surface area contributed by atoms with Gasteiger partial charge in [-0.15, -0.1) is 0 Å². The zero-order valence-corrected chi connectivity index (χ0v) is 15.1. The summed E-state index contributed by atoms with van der Waals surface area (Å²) in [5.41, 5.74) is 0.489. The highest BCUT2D eigenvalue weighted by molar-refractivity contribution is 6.33. The number of rotatable bonds is 6. The van der Waals surface area contributed by atoms with E-state index in [9.17, 15) is 19.7 Å². The van der Waals surface area contributed by atoms with Crippen molar-refractivity contribution in [2.75, 3.05) is 6.61 Å². The Labute approximate surface area is 159 Å². The summed E-state index contributed by atoms with van der Waals surface area (Å²) in [6, 6.07) is 10.0. The number of nitro groups is 1. The molecule has 0 aliphatic rings. The Morgan fingerprint density at radius 3 is 2.58 bits per heavy atom. The van der Waals surface area contributed by atoms with E-state index in [1.54, 1.807) is 31.2 Å². The van der Waals surface area contributed by atoms with E-state index in [0.717, 1.165) is 17.7 Å². The number of nitro benzene ring substituents is 1. The number of amides is 1. The van der Waals surface area contributed by atoms with Crippen molar-refractivity contribution >= 4 is 40.8 Å². The Kier molecular flexibility index (Phi) is 6.54. The van der Waals surface area contributed by atoms with Crippen LogP contribution in [0.15, 0.2) is 42.5 Å². The van der Waals surface area contributed by atoms with E-state index in [4.69, 9.17) is 27.9 Å². The van der Waals surface area contributed by atoms with E-state index >= 15 is 0 Å². The van der Waals surface area contributed by atoms with Crippen LogP contribution in [-0.4, -0.2) is 23.4 Å². The van der Waals surface area contributed by atoms with Crippen molar-refractivity contribution in [1.29, 1.82) is 0 Å². The Hall–Kier alpha value is -2.64. The molecule has 2 rings (SSSR count). The number of nitrogens with zero attached hydrogens (tertiary/aromatic N) is 1. The number of benzene rings is 2. The van der Waals surface area contributed by atoms with Crippen molar-refractivity contribution in [2.24, 2.45) is 0 Å². The van der Waals surface area contributed by atoms with Gasteiger partial charge in [-0.1, -0.05) is 35.3 Å². The molecule has 0 radical (unpaired) electrons. The first kappa shape index (κ1) is 19.7. The minimum atomic E-state index is -0.851. The molecular formula is C17H14Cl2N2O5. The average Bonchev–Trinajstić information content (AvgIpc) is 2.59. The highest BCUT2D eigenvalue weighted by Crippen LogP contribution is 2.23. The fourth-order valence-corrected chi connectivity index (χ4v) is 2.59. The third-order valence-electron chi connectivity index (χ3n) is 3.44. The van der Waals surface area contributed by atoms with Gasteiger partial charge in [0.05, 0.1) is 21.6 Å². The summed E-state index contributed by atoms with van der Waals surface area (Å²) in [4.78, 5) is 33.9. The number of esters is 1. The molecule has 0 saturated heterocycles. The van der Waals surface area contributed by atoms with Crippen LogP contribution in [0, 0.1) is 10.1 Å². The van der Waals surface area contributed by atoms with Gasteiger partial charge in [0.1, 0.15) is 0 Å². The summed E-state index contributed by atoms with van der Waals surface area (Å²) in [5.74, 6) is -1.36. The third-order valence-corrected chi connectivity index (χ3v) is 3.99. The predicted octanol–water partition coefficient (Wildman–Crippen LogP) is 3.94. The maximum atomic E-state index is 12.0. The van der Waals surface area contributed by atoms with Gasteiger partial charge in [-0.25, -0.2) is 4.79 Å². The first-order valence-electron chi connectivity index (χ1n) is 7.44. The lowest BCUT2D eigenvalue weighted by atomic mass is 10.1. The summed E-state index contributed by atoms with van der Waals surface area (Å²) in [6.07, 6.45) is 0. The lowest BCUT2D eigenvalue weighted by Crippen LogP contribution is -2.31. The van der Waals surface area contributed by atoms with Crippen LogP contribution in [-0.2, 0) is 9.53 Å². The quantitative estimate of drug-likeness (QED) is 0.452. The number of halogens is 2. The summed E-state index contributed by atoms with van der Waals surface area (Å²) >= 11 is 11.7. The molecule has 0 bridgehead atoms. The fourth-order valence-electron chi connectivity index (χ4n) is 2.13. The molecule has 0 aromatic heterocycles. The Balaban J connectivity index is 1.92. The number of non-ortho nitro benzene ring substituents is 1. The second-order valence-corrected chi connectivity index (χ2v) is 6.19. The van der Waals surface area contributed by atoms with Crippen LogP contribution in [0.25, 0.3) is 0 Å². The number of hydrogen-bond acceptors (Lipinski definition) is 5. The number of nitrogens with one attached hydrogen (secondary N) is 1. The molecule has 26 heavy (non-hydrogen) atoms. The summed E-state index contributed by atoms with van der Waals surface area (Å²) in [5, 5.41) is 13.7. The zero-order chi connectivity index (χ0) is 19.3. The number of carbonyl (C=O) groups excluding carboxylic acids is 2. The van der Waals surface area contributed by atoms with Gasteiger partial charge in [-0.3, -0.25) is 14.9 Å². The van der Waals surface area contributed by atoms with E-state index in [0.29, 0.717) is 5.02 Å². The molecule has 7 nitrogen and oxygen atoms in total. The van der Waals surface area contributed by atoms with Crippen molar-refractivity contribution in [3.63, 3.8) is 0 Å². The minimum absolute atomic E-state index is 0.0621. The Bertz CT molecular complexity index is 857. The Morgan fingerprint density at radius 1 is 1.23 bits per heavy atom. The van der Waals surface area contributed by atoms with E-state index in [1.165, 1.54) is 6.07 Å². The van der Waals surface area contributed by atoms with Crippen LogP contribution in [0.1, 0.15) is 28.9 Å². The van der Waals surface area contributed by atoms with E-state index in [1.807, 2.05) is 0 Å². The molecule has 136 valence electrons. The van der Waals surface area contributed by atoms with E-state index < -0.39 is 23.4 Å². The van der Waals surface area contributed by atoms with Gasteiger partial charge in [-0.2, -0.15) is 0 Å². The van der Waals surface area contributed by atoms with Crippen molar-refractivity contribution in [3.8, 4) is 0 Å². The van der Waals surface area contributed by atoms with Crippen LogP contribution in [0.5, 0.6) is 0 Å². The largest absolute Gasteiger partial charge is 0.452 e. The van der Waals surface area contributed by atoms with Crippen LogP contribution < -0.4 is 5.32 Å². The predicted molar refractivity (Wildman–Crippen MR) is 96.4 cm³/mol. The molecule has 1 N–H and O–H groups in total.